The third-order valence-electron chi connectivity index (χ3n) is 5.40. The summed E-state index contributed by atoms with van der Waals surface area (Å²) in [5.41, 5.74) is 4.76. The molecule has 0 saturated carbocycles. The van der Waals surface area contributed by atoms with Gasteiger partial charge in [-0.05, 0) is 63.1 Å². The average molecular weight is 432 g/mol. The molecule has 0 fully saturated rings. The molecule has 2 amide bonds. The van der Waals surface area contributed by atoms with Crippen LogP contribution in [0.4, 0.5) is 11.4 Å². The first kappa shape index (κ1) is 21.3. The number of ether oxygens (including phenoxy) is 1. The zero-order valence-electron chi connectivity index (χ0n) is 18.4. The highest BCUT2D eigenvalue weighted by Gasteiger charge is 2.29. The van der Waals surface area contributed by atoms with E-state index in [1.165, 1.54) is 9.58 Å². The lowest BCUT2D eigenvalue weighted by atomic mass is 10.1. The van der Waals surface area contributed by atoms with E-state index in [-0.39, 0.29) is 30.9 Å². The number of amides is 2. The molecule has 0 aliphatic carbocycles. The third kappa shape index (κ3) is 3.99. The predicted octanol–water partition coefficient (Wildman–Crippen LogP) is 3.17. The van der Waals surface area contributed by atoms with Crippen LogP contribution in [0.5, 0.6) is 5.75 Å². The Bertz CT molecular complexity index is 1220. The molecule has 32 heavy (non-hydrogen) atoms. The number of nitrogens with zero attached hydrogens (tertiary/aromatic N) is 3. The summed E-state index contributed by atoms with van der Waals surface area (Å²) in [6.45, 7) is 7.07. The first-order valence-corrected chi connectivity index (χ1v) is 10.3. The van der Waals surface area contributed by atoms with Gasteiger partial charge in [0, 0.05) is 16.9 Å². The second kappa shape index (κ2) is 8.30. The van der Waals surface area contributed by atoms with Crippen molar-refractivity contribution >= 4 is 29.1 Å². The van der Waals surface area contributed by atoms with Crippen LogP contribution in [0.2, 0.25) is 0 Å². The number of fused-ring (bicyclic) bond motifs is 1. The van der Waals surface area contributed by atoms with Crippen molar-refractivity contribution in [2.24, 2.45) is 0 Å². The Morgan fingerprint density at radius 1 is 1.06 bits per heavy atom. The number of carbonyl (C=O) groups excluding carboxylic acids is 3. The first-order valence-electron chi connectivity index (χ1n) is 10.3. The van der Waals surface area contributed by atoms with E-state index in [0.29, 0.717) is 22.7 Å². The lowest BCUT2D eigenvalue weighted by Crippen LogP contribution is -2.43. The molecule has 1 N–H and O–H groups in total. The zero-order valence-corrected chi connectivity index (χ0v) is 18.4. The van der Waals surface area contributed by atoms with Gasteiger partial charge in [0.05, 0.1) is 11.4 Å². The Hall–Kier alpha value is -3.94. The van der Waals surface area contributed by atoms with Crippen LogP contribution in [-0.2, 0) is 9.59 Å². The summed E-state index contributed by atoms with van der Waals surface area (Å²) in [7, 11) is 0. The highest BCUT2D eigenvalue weighted by molar-refractivity contribution is 6.06. The van der Waals surface area contributed by atoms with Crippen molar-refractivity contribution in [2.75, 3.05) is 23.4 Å². The highest BCUT2D eigenvalue weighted by atomic mass is 16.5. The molecule has 8 heteroatoms. The molecular weight excluding hydrogens is 408 g/mol. The SMILES string of the molecule is Cc1cc(C)n(C(=O)c2ccc3c(c2)N(CC(=O)Nc2c(C)cccc2C)C(=O)CO3)n1. The van der Waals surface area contributed by atoms with E-state index in [2.05, 4.69) is 10.4 Å². The molecule has 2 heterocycles. The average Bonchev–Trinajstić information content (AvgIpc) is 3.10. The molecule has 1 aliphatic heterocycles. The Kier molecular flexibility index (Phi) is 5.52. The fraction of sp³-hybridized carbons (Fsp3) is 0.250. The Balaban J connectivity index is 1.62. The predicted molar refractivity (Wildman–Crippen MR) is 120 cm³/mol. The maximum atomic E-state index is 13.0. The lowest BCUT2D eigenvalue weighted by Gasteiger charge is -2.29. The molecule has 1 aliphatic rings. The molecule has 8 nitrogen and oxygen atoms in total. The van der Waals surface area contributed by atoms with E-state index in [1.807, 2.05) is 45.0 Å². The van der Waals surface area contributed by atoms with Crippen LogP contribution >= 0.6 is 0 Å². The minimum Gasteiger partial charge on any atom is -0.482 e. The standard InChI is InChI=1S/C24H24N4O4/c1-14-6-5-7-15(2)23(14)25-21(29)12-27-19-11-18(8-9-20(19)32-13-22(27)30)24(31)28-17(4)10-16(3)26-28/h5-11H,12-13H2,1-4H3,(H,25,29). The van der Waals surface area contributed by atoms with Crippen LogP contribution in [0.15, 0.2) is 42.5 Å². The molecule has 4 rings (SSSR count). The number of para-hydroxylation sites is 1. The van der Waals surface area contributed by atoms with Gasteiger partial charge in [0.25, 0.3) is 11.8 Å². The van der Waals surface area contributed by atoms with E-state index >= 15 is 0 Å². The lowest BCUT2D eigenvalue weighted by molar-refractivity contribution is -0.123. The van der Waals surface area contributed by atoms with Crippen LogP contribution in [0.1, 0.15) is 32.9 Å². The summed E-state index contributed by atoms with van der Waals surface area (Å²) >= 11 is 0. The number of aromatic nitrogens is 2. The Morgan fingerprint density at radius 3 is 2.44 bits per heavy atom. The summed E-state index contributed by atoms with van der Waals surface area (Å²) in [6, 6.07) is 12.4. The minimum atomic E-state index is -0.357. The van der Waals surface area contributed by atoms with Gasteiger partial charge in [-0.2, -0.15) is 5.10 Å². The zero-order chi connectivity index (χ0) is 23.0. The second-order valence-corrected chi connectivity index (χ2v) is 7.91. The number of anilines is 2. The quantitative estimate of drug-likeness (QED) is 0.684. The van der Waals surface area contributed by atoms with Gasteiger partial charge in [0.2, 0.25) is 5.91 Å². The van der Waals surface area contributed by atoms with Gasteiger partial charge in [-0.3, -0.25) is 19.3 Å². The van der Waals surface area contributed by atoms with E-state index in [1.54, 1.807) is 25.1 Å². The molecule has 0 unspecified atom stereocenters. The van der Waals surface area contributed by atoms with Crippen LogP contribution in [0.3, 0.4) is 0 Å². The van der Waals surface area contributed by atoms with Crippen molar-refractivity contribution in [2.45, 2.75) is 27.7 Å². The highest BCUT2D eigenvalue weighted by Crippen LogP contribution is 2.33. The molecule has 3 aromatic rings. The van der Waals surface area contributed by atoms with E-state index in [9.17, 15) is 14.4 Å². The molecule has 0 saturated heterocycles. The third-order valence-corrected chi connectivity index (χ3v) is 5.40. The monoisotopic (exact) mass is 432 g/mol. The van der Waals surface area contributed by atoms with Crippen LogP contribution < -0.4 is 15.0 Å². The van der Waals surface area contributed by atoms with Gasteiger partial charge in [-0.1, -0.05) is 18.2 Å². The normalized spacial score (nSPS) is 12.9. The molecule has 0 radical (unpaired) electrons. The summed E-state index contributed by atoms with van der Waals surface area (Å²) in [4.78, 5) is 39.7. The largest absolute Gasteiger partial charge is 0.482 e. The van der Waals surface area contributed by atoms with E-state index < -0.39 is 0 Å². The second-order valence-electron chi connectivity index (χ2n) is 7.91. The summed E-state index contributed by atoms with van der Waals surface area (Å²) in [5, 5.41) is 7.13. The van der Waals surface area contributed by atoms with Gasteiger partial charge in [-0.25, -0.2) is 4.68 Å². The molecule has 164 valence electrons. The van der Waals surface area contributed by atoms with Gasteiger partial charge < -0.3 is 10.1 Å². The molecule has 1 aromatic heterocycles. The van der Waals surface area contributed by atoms with Gasteiger partial charge >= 0.3 is 0 Å². The number of nitrogens with one attached hydrogen (secondary N) is 1. The van der Waals surface area contributed by atoms with E-state index in [4.69, 9.17) is 4.74 Å². The van der Waals surface area contributed by atoms with Crippen molar-refractivity contribution < 1.29 is 19.1 Å². The summed E-state index contributed by atoms with van der Waals surface area (Å²) in [6.07, 6.45) is 0. The van der Waals surface area contributed by atoms with Crippen LogP contribution in [0, 0.1) is 27.7 Å². The molecule has 0 bridgehead atoms. The van der Waals surface area contributed by atoms with Crippen LogP contribution in [0.25, 0.3) is 0 Å². The molecule has 0 spiro atoms. The number of rotatable bonds is 4. The minimum absolute atomic E-state index is 0.172. The maximum absolute atomic E-state index is 13.0. The smallest absolute Gasteiger partial charge is 0.278 e. The fourth-order valence-corrected chi connectivity index (χ4v) is 3.80. The number of carbonyl (C=O) groups is 3. The first-order chi connectivity index (χ1) is 15.2. The van der Waals surface area contributed by atoms with Crippen molar-refractivity contribution in [3.63, 3.8) is 0 Å². The van der Waals surface area contributed by atoms with Crippen LogP contribution in [-0.4, -0.2) is 40.7 Å². The number of hydrogen-bond acceptors (Lipinski definition) is 5. The van der Waals surface area contributed by atoms with Crippen molar-refractivity contribution in [1.29, 1.82) is 0 Å². The Morgan fingerprint density at radius 2 is 1.78 bits per heavy atom. The van der Waals surface area contributed by atoms with Gasteiger partial charge in [0.1, 0.15) is 12.3 Å². The van der Waals surface area contributed by atoms with Gasteiger partial charge in [0.15, 0.2) is 6.61 Å². The summed E-state index contributed by atoms with van der Waals surface area (Å²) in [5.74, 6) is -0.575. The number of benzene rings is 2. The number of hydrogen-bond donors (Lipinski definition) is 1. The van der Waals surface area contributed by atoms with E-state index in [0.717, 1.165) is 22.5 Å². The molecular formula is C24H24N4O4. The van der Waals surface area contributed by atoms with Crippen molar-refractivity contribution in [3.05, 3.63) is 70.5 Å². The summed E-state index contributed by atoms with van der Waals surface area (Å²) < 4.78 is 6.84. The fourth-order valence-electron chi connectivity index (χ4n) is 3.80. The van der Waals surface area contributed by atoms with Crippen molar-refractivity contribution in [1.82, 2.24) is 9.78 Å². The maximum Gasteiger partial charge on any atom is 0.278 e. The van der Waals surface area contributed by atoms with Crippen molar-refractivity contribution in [3.8, 4) is 5.75 Å². The molecule has 2 aromatic carbocycles. The topological polar surface area (TPSA) is 93.5 Å². The molecule has 0 atom stereocenters. The van der Waals surface area contributed by atoms with Gasteiger partial charge in [-0.15, -0.1) is 0 Å². The number of aryl methyl sites for hydroxylation is 4. The Labute approximate surface area is 185 Å².